The first kappa shape index (κ1) is 26.8. The van der Waals surface area contributed by atoms with Crippen LogP contribution in [0.25, 0.3) is 22.2 Å². The molecule has 37 heavy (non-hydrogen) atoms. The fourth-order valence-corrected chi connectivity index (χ4v) is 5.34. The third kappa shape index (κ3) is 5.25. The van der Waals surface area contributed by atoms with Crippen molar-refractivity contribution in [1.29, 1.82) is 0 Å². The quantitative estimate of drug-likeness (QED) is 0.407. The molecule has 1 aliphatic carbocycles. The predicted octanol–water partition coefficient (Wildman–Crippen LogP) is 5.59. The number of sulfonamides is 1. The number of hydrogen-bond acceptors (Lipinski definition) is 5. The monoisotopic (exact) mass is 538 g/mol. The van der Waals surface area contributed by atoms with Crippen LogP contribution < -0.4 is 15.2 Å². The number of primary amides is 1. The first-order valence-corrected chi connectivity index (χ1v) is 13.4. The fraction of sp³-hybridized carbons (Fsp3) is 0.440. The number of nitrogens with two attached hydrogens (primary N) is 1. The lowest BCUT2D eigenvalue weighted by atomic mass is 9.94. The number of halogens is 3. The van der Waals surface area contributed by atoms with Crippen LogP contribution in [0.15, 0.2) is 30.5 Å². The summed E-state index contributed by atoms with van der Waals surface area (Å²) in [5.41, 5.74) is 6.91. The van der Waals surface area contributed by atoms with E-state index in [-0.39, 0.29) is 22.8 Å². The van der Waals surface area contributed by atoms with E-state index >= 15 is 0 Å². The van der Waals surface area contributed by atoms with E-state index in [4.69, 9.17) is 5.73 Å². The van der Waals surface area contributed by atoms with Crippen molar-refractivity contribution in [2.75, 3.05) is 4.72 Å². The second-order valence-electron chi connectivity index (χ2n) is 10.1. The van der Waals surface area contributed by atoms with Gasteiger partial charge in [-0.1, -0.05) is 19.3 Å². The zero-order chi connectivity index (χ0) is 27.1. The maximum atomic E-state index is 14.7. The summed E-state index contributed by atoms with van der Waals surface area (Å²) in [5.74, 6) is -2.43. The highest BCUT2D eigenvalue weighted by Gasteiger charge is 2.31. The molecular formula is C25H29F3N4O4S. The third-order valence-electron chi connectivity index (χ3n) is 6.54. The molecule has 8 nitrogen and oxygen atoms in total. The summed E-state index contributed by atoms with van der Waals surface area (Å²) >= 11 is 0. The number of aromatic nitrogens is 2. The number of pyridine rings is 1. The molecule has 200 valence electrons. The molecule has 0 saturated heterocycles. The average molecular weight is 539 g/mol. The molecule has 0 aliphatic heterocycles. The number of carbonyl (C=O) groups is 1. The molecule has 12 heteroatoms. The molecule has 1 aliphatic rings. The van der Waals surface area contributed by atoms with Crippen LogP contribution in [0.3, 0.4) is 0 Å². The van der Waals surface area contributed by atoms with Crippen molar-refractivity contribution in [3.8, 4) is 17.0 Å². The van der Waals surface area contributed by atoms with Gasteiger partial charge in [-0.2, -0.15) is 8.78 Å². The van der Waals surface area contributed by atoms with Crippen molar-refractivity contribution in [2.45, 2.75) is 70.3 Å². The first-order valence-electron chi connectivity index (χ1n) is 11.9. The van der Waals surface area contributed by atoms with Gasteiger partial charge in [0.25, 0.3) is 5.91 Å². The molecule has 3 aromatic rings. The minimum Gasteiger partial charge on any atom is -0.432 e. The summed E-state index contributed by atoms with van der Waals surface area (Å²) in [6.07, 6.45) is 5.79. The number of hydrogen-bond donors (Lipinski definition) is 2. The van der Waals surface area contributed by atoms with Gasteiger partial charge in [-0.25, -0.2) is 17.8 Å². The number of nitrogens with zero attached hydrogens (tertiary/aromatic N) is 2. The maximum absolute atomic E-state index is 14.7. The Bertz CT molecular complexity index is 1430. The van der Waals surface area contributed by atoms with E-state index in [1.165, 1.54) is 18.3 Å². The van der Waals surface area contributed by atoms with E-state index in [0.29, 0.717) is 16.8 Å². The van der Waals surface area contributed by atoms with Crippen LogP contribution in [0.2, 0.25) is 0 Å². The minimum absolute atomic E-state index is 0.0212. The summed E-state index contributed by atoms with van der Waals surface area (Å²) in [6.45, 7) is 1.43. The number of alkyl halides is 2. The van der Waals surface area contributed by atoms with Crippen LogP contribution in [0.1, 0.15) is 69.3 Å². The van der Waals surface area contributed by atoms with Gasteiger partial charge < -0.3 is 15.0 Å². The van der Waals surface area contributed by atoms with Gasteiger partial charge in [-0.3, -0.25) is 9.52 Å². The van der Waals surface area contributed by atoms with Gasteiger partial charge in [0, 0.05) is 29.3 Å². The lowest BCUT2D eigenvalue weighted by molar-refractivity contribution is -0.0521. The van der Waals surface area contributed by atoms with Crippen LogP contribution in [-0.2, 0) is 10.0 Å². The second kappa shape index (κ2) is 9.88. The summed E-state index contributed by atoms with van der Waals surface area (Å²) < 4.78 is 73.2. The Balaban J connectivity index is 1.92. The summed E-state index contributed by atoms with van der Waals surface area (Å²) in [7, 11) is -3.72. The Kier molecular flexibility index (Phi) is 7.15. The van der Waals surface area contributed by atoms with Crippen molar-refractivity contribution in [3.63, 3.8) is 0 Å². The van der Waals surface area contributed by atoms with Gasteiger partial charge in [-0.05, 0) is 51.8 Å². The van der Waals surface area contributed by atoms with Crippen LogP contribution >= 0.6 is 0 Å². The summed E-state index contributed by atoms with van der Waals surface area (Å²) in [5, 5.41) is 0.171. The molecule has 3 N–H and O–H groups in total. The lowest BCUT2D eigenvalue weighted by Crippen LogP contribution is -2.33. The van der Waals surface area contributed by atoms with Gasteiger partial charge >= 0.3 is 6.61 Å². The largest absolute Gasteiger partial charge is 0.432 e. The van der Waals surface area contributed by atoms with Crippen molar-refractivity contribution in [3.05, 3.63) is 41.8 Å². The number of benzene rings is 1. The Hall–Kier alpha value is -3.28. The number of fused-ring (bicyclic) bond motifs is 1. The van der Waals surface area contributed by atoms with E-state index in [2.05, 4.69) is 14.4 Å². The average Bonchev–Trinajstić information content (AvgIpc) is 3.13. The molecular weight excluding hydrogens is 509 g/mol. The highest BCUT2D eigenvalue weighted by atomic mass is 32.2. The van der Waals surface area contributed by atoms with E-state index in [9.17, 15) is 26.4 Å². The maximum Gasteiger partial charge on any atom is 0.387 e. The van der Waals surface area contributed by atoms with Gasteiger partial charge in [0.05, 0.1) is 21.5 Å². The molecule has 1 aromatic carbocycles. The SMILES string of the molecule is CC(C)(C)S(=O)(=O)Nc1ccc(-c2c(C(N)=O)c3cc(F)c(OC(F)F)cc3n2C2CCCCC2)cn1. The van der Waals surface area contributed by atoms with Crippen LogP contribution in [-0.4, -0.2) is 35.2 Å². The van der Waals surface area contributed by atoms with Crippen LogP contribution in [0, 0.1) is 5.82 Å². The number of nitrogens with one attached hydrogen (secondary N) is 1. The van der Waals surface area contributed by atoms with Gasteiger partial charge in [0.15, 0.2) is 11.6 Å². The molecule has 1 fully saturated rings. The molecule has 1 saturated carbocycles. The Morgan fingerprint density at radius 3 is 2.41 bits per heavy atom. The lowest BCUT2D eigenvalue weighted by Gasteiger charge is -2.27. The molecule has 2 heterocycles. The predicted molar refractivity (Wildman–Crippen MR) is 135 cm³/mol. The standard InChI is InChI=1S/C25H29F3N4O4S/c1-25(2,3)37(34,35)31-20-10-9-14(13-30-20)22-21(23(29)33)16-11-17(26)19(36-24(27)28)12-18(16)32(22)15-7-5-4-6-8-15/h9-13,15,24H,4-8H2,1-3H3,(H2,29,33)(H,30,31). The number of anilines is 1. The summed E-state index contributed by atoms with van der Waals surface area (Å²) in [6, 6.07) is 5.08. The number of amides is 1. The smallest absolute Gasteiger partial charge is 0.387 e. The van der Waals surface area contributed by atoms with Gasteiger partial charge in [-0.15, -0.1) is 0 Å². The van der Waals surface area contributed by atoms with E-state index < -0.39 is 38.9 Å². The normalized spacial score (nSPS) is 15.3. The topological polar surface area (TPSA) is 116 Å². The number of ether oxygens (including phenoxy) is 1. The van der Waals surface area contributed by atoms with Crippen LogP contribution in [0.5, 0.6) is 5.75 Å². The fourth-order valence-electron chi connectivity index (χ4n) is 4.63. The molecule has 2 aromatic heterocycles. The zero-order valence-electron chi connectivity index (χ0n) is 20.7. The highest BCUT2D eigenvalue weighted by Crippen LogP contribution is 2.42. The van der Waals surface area contributed by atoms with E-state index in [1.807, 2.05) is 4.57 Å². The first-order chi connectivity index (χ1) is 17.3. The highest BCUT2D eigenvalue weighted by molar-refractivity contribution is 7.94. The molecule has 0 atom stereocenters. The molecule has 0 bridgehead atoms. The molecule has 4 rings (SSSR count). The molecule has 0 unspecified atom stereocenters. The summed E-state index contributed by atoms with van der Waals surface area (Å²) in [4.78, 5) is 16.9. The zero-order valence-corrected chi connectivity index (χ0v) is 21.5. The van der Waals surface area contributed by atoms with E-state index in [1.54, 1.807) is 26.8 Å². The number of carbonyl (C=O) groups excluding carboxylic acids is 1. The molecule has 0 radical (unpaired) electrons. The van der Waals surface area contributed by atoms with Gasteiger partial charge in [0.1, 0.15) is 5.82 Å². The van der Waals surface area contributed by atoms with Gasteiger partial charge in [0.2, 0.25) is 10.0 Å². The minimum atomic E-state index is -3.72. The van der Waals surface area contributed by atoms with Crippen molar-refractivity contribution in [1.82, 2.24) is 9.55 Å². The van der Waals surface area contributed by atoms with Crippen molar-refractivity contribution >= 4 is 32.7 Å². The Morgan fingerprint density at radius 1 is 1.19 bits per heavy atom. The van der Waals surface area contributed by atoms with Crippen molar-refractivity contribution < 1.29 is 31.1 Å². The second-order valence-corrected chi connectivity index (χ2v) is 12.5. The Labute approximate surface area is 213 Å². The third-order valence-corrected chi connectivity index (χ3v) is 8.63. The van der Waals surface area contributed by atoms with Crippen molar-refractivity contribution in [2.24, 2.45) is 5.73 Å². The Morgan fingerprint density at radius 2 is 1.86 bits per heavy atom. The molecule has 0 spiro atoms. The molecule has 1 amide bonds. The van der Waals surface area contributed by atoms with E-state index in [0.717, 1.165) is 38.2 Å². The van der Waals surface area contributed by atoms with Crippen LogP contribution in [0.4, 0.5) is 19.0 Å². The number of rotatable bonds is 7.